The number of piperazine rings is 1. The summed E-state index contributed by atoms with van der Waals surface area (Å²) < 4.78 is 14.8. The van der Waals surface area contributed by atoms with Gasteiger partial charge in [0.2, 0.25) is 0 Å². The summed E-state index contributed by atoms with van der Waals surface area (Å²) in [5.41, 5.74) is 1.47. The molecule has 6 nitrogen and oxygen atoms in total. The van der Waals surface area contributed by atoms with E-state index in [1.165, 1.54) is 16.8 Å². The van der Waals surface area contributed by atoms with Gasteiger partial charge in [0, 0.05) is 25.7 Å². The summed E-state index contributed by atoms with van der Waals surface area (Å²) in [6.45, 7) is 5.90. The first kappa shape index (κ1) is 18.6. The number of amides is 1. The molecule has 1 aliphatic rings. The number of halogens is 3. The summed E-state index contributed by atoms with van der Waals surface area (Å²) in [6.07, 6.45) is 0. The lowest BCUT2D eigenvalue weighted by molar-refractivity contribution is 0.0649. The van der Waals surface area contributed by atoms with Crippen molar-refractivity contribution in [1.29, 1.82) is 0 Å². The van der Waals surface area contributed by atoms with Crippen LogP contribution in [-0.2, 0) is 0 Å². The third-order valence-electron chi connectivity index (χ3n) is 4.01. The van der Waals surface area contributed by atoms with Crippen LogP contribution in [0.3, 0.4) is 0 Å². The van der Waals surface area contributed by atoms with Crippen LogP contribution < -0.4 is 5.32 Å². The second-order valence-corrected chi connectivity index (χ2v) is 5.99. The maximum absolute atomic E-state index is 13.3. The molecule has 24 heavy (non-hydrogen) atoms. The minimum Gasteiger partial charge on any atom is -0.332 e. The minimum atomic E-state index is -0.501. The van der Waals surface area contributed by atoms with Crippen LogP contribution in [0.5, 0.6) is 0 Å². The van der Waals surface area contributed by atoms with Crippen molar-refractivity contribution in [3.05, 3.63) is 40.4 Å². The molecule has 1 fully saturated rings. The number of aromatic nitrogens is 3. The molecule has 2 aromatic rings. The van der Waals surface area contributed by atoms with Gasteiger partial charge in [0.1, 0.15) is 5.82 Å². The maximum Gasteiger partial charge on any atom is 0.276 e. The second kappa shape index (κ2) is 7.46. The zero-order chi connectivity index (χ0) is 16.6. The Morgan fingerprint density at radius 1 is 1.46 bits per heavy atom. The van der Waals surface area contributed by atoms with Gasteiger partial charge in [-0.3, -0.25) is 4.79 Å². The average Bonchev–Trinajstić information content (AvgIpc) is 2.91. The van der Waals surface area contributed by atoms with Crippen molar-refractivity contribution in [1.82, 2.24) is 25.2 Å². The van der Waals surface area contributed by atoms with Gasteiger partial charge < -0.3 is 10.2 Å². The van der Waals surface area contributed by atoms with Crippen LogP contribution in [0.1, 0.15) is 23.1 Å². The number of nitrogens with one attached hydrogen (secondary N) is 1. The summed E-state index contributed by atoms with van der Waals surface area (Å²) in [7, 11) is 0. The van der Waals surface area contributed by atoms with Crippen LogP contribution in [0, 0.1) is 12.7 Å². The fourth-order valence-electron chi connectivity index (χ4n) is 2.67. The summed E-state index contributed by atoms with van der Waals surface area (Å²) in [5.74, 6) is -0.643. The van der Waals surface area contributed by atoms with E-state index in [4.69, 9.17) is 11.6 Å². The monoisotopic (exact) mass is 373 g/mol. The van der Waals surface area contributed by atoms with Gasteiger partial charge in [-0.2, -0.15) is 0 Å². The number of carbonyl (C=O) groups is 1. The zero-order valence-corrected chi connectivity index (χ0v) is 14.9. The molecule has 3 rings (SSSR count). The first-order valence-corrected chi connectivity index (χ1v) is 7.76. The fourth-order valence-corrected chi connectivity index (χ4v) is 2.84. The predicted molar refractivity (Wildman–Crippen MR) is 91.7 cm³/mol. The van der Waals surface area contributed by atoms with Gasteiger partial charge in [-0.1, -0.05) is 16.8 Å². The lowest BCUT2D eigenvalue weighted by atomic mass is 10.2. The van der Waals surface area contributed by atoms with E-state index in [1.54, 1.807) is 17.9 Å². The Hall–Kier alpha value is -1.70. The van der Waals surface area contributed by atoms with Crippen molar-refractivity contribution in [3.8, 4) is 5.69 Å². The van der Waals surface area contributed by atoms with E-state index in [0.717, 1.165) is 13.1 Å². The van der Waals surface area contributed by atoms with Crippen LogP contribution in [0.15, 0.2) is 18.2 Å². The lowest BCUT2D eigenvalue weighted by Crippen LogP contribution is -2.52. The van der Waals surface area contributed by atoms with Crippen molar-refractivity contribution in [2.24, 2.45) is 0 Å². The van der Waals surface area contributed by atoms with Crippen LogP contribution >= 0.6 is 24.0 Å². The molecule has 130 valence electrons. The number of carbonyl (C=O) groups excluding carboxylic acids is 1. The largest absolute Gasteiger partial charge is 0.332 e. The molecule has 0 unspecified atom stereocenters. The number of hydrogen-bond donors (Lipinski definition) is 1. The normalized spacial score (nSPS) is 17.5. The molecule has 0 aliphatic carbocycles. The molecule has 0 radical (unpaired) electrons. The third kappa shape index (κ3) is 3.38. The molecule has 1 saturated heterocycles. The Balaban J connectivity index is 0.00000208. The van der Waals surface area contributed by atoms with Gasteiger partial charge in [-0.25, -0.2) is 9.07 Å². The molecule has 9 heteroatoms. The van der Waals surface area contributed by atoms with E-state index < -0.39 is 5.82 Å². The molecule has 0 bridgehead atoms. The van der Waals surface area contributed by atoms with Crippen molar-refractivity contribution in [2.45, 2.75) is 19.9 Å². The van der Waals surface area contributed by atoms with Crippen LogP contribution in [0.25, 0.3) is 5.69 Å². The Bertz CT molecular complexity index is 751. The van der Waals surface area contributed by atoms with Gasteiger partial charge in [0.15, 0.2) is 5.69 Å². The van der Waals surface area contributed by atoms with E-state index in [9.17, 15) is 9.18 Å². The molecular formula is C15H18Cl2FN5O. The highest BCUT2D eigenvalue weighted by molar-refractivity contribution is 6.30. The molecule has 1 amide bonds. The Morgan fingerprint density at radius 2 is 2.21 bits per heavy atom. The van der Waals surface area contributed by atoms with Crippen molar-refractivity contribution in [2.75, 3.05) is 19.6 Å². The third-order valence-corrected chi connectivity index (χ3v) is 4.30. The van der Waals surface area contributed by atoms with Gasteiger partial charge >= 0.3 is 0 Å². The topological polar surface area (TPSA) is 63.1 Å². The summed E-state index contributed by atoms with van der Waals surface area (Å²) in [5, 5.41) is 11.3. The Kier molecular flexibility index (Phi) is 5.79. The minimum absolute atomic E-state index is 0. The van der Waals surface area contributed by atoms with Crippen LogP contribution in [0.2, 0.25) is 5.02 Å². The van der Waals surface area contributed by atoms with E-state index in [2.05, 4.69) is 15.6 Å². The number of hydrogen-bond acceptors (Lipinski definition) is 4. The fraction of sp³-hybridized carbons (Fsp3) is 0.400. The highest BCUT2D eigenvalue weighted by Crippen LogP contribution is 2.21. The van der Waals surface area contributed by atoms with Crippen molar-refractivity contribution >= 4 is 29.9 Å². The van der Waals surface area contributed by atoms with Gasteiger partial charge in [0.05, 0.1) is 16.4 Å². The van der Waals surface area contributed by atoms with Crippen molar-refractivity contribution < 1.29 is 9.18 Å². The molecular weight excluding hydrogens is 356 g/mol. The molecule has 1 N–H and O–H groups in total. The first-order chi connectivity index (χ1) is 11.0. The van der Waals surface area contributed by atoms with Crippen LogP contribution in [0.4, 0.5) is 4.39 Å². The average molecular weight is 374 g/mol. The molecule has 1 aromatic heterocycles. The number of nitrogens with zero attached hydrogens (tertiary/aromatic N) is 4. The van der Waals surface area contributed by atoms with Crippen molar-refractivity contribution in [3.63, 3.8) is 0 Å². The highest BCUT2D eigenvalue weighted by atomic mass is 35.5. The smallest absolute Gasteiger partial charge is 0.276 e. The molecule has 1 aromatic carbocycles. The number of benzene rings is 1. The molecule has 1 atom stereocenters. The van der Waals surface area contributed by atoms with E-state index in [-0.39, 0.29) is 29.4 Å². The van der Waals surface area contributed by atoms with E-state index in [1.807, 2.05) is 6.92 Å². The second-order valence-electron chi connectivity index (χ2n) is 5.59. The Labute approximate surface area is 150 Å². The summed E-state index contributed by atoms with van der Waals surface area (Å²) >= 11 is 5.81. The van der Waals surface area contributed by atoms with E-state index >= 15 is 0 Å². The predicted octanol–water partition coefficient (Wildman–Crippen LogP) is 2.22. The standard InChI is InChI=1S/C15H17ClFN5O.ClH/c1-9-8-18-5-6-21(9)15(23)14-10(2)22(20-19-14)11-3-4-13(17)12(16)7-11;/h3-4,7,9,18H,5-6,8H2,1-2H3;1H/t9-;/m1./s1. The SMILES string of the molecule is Cc1c(C(=O)N2CCNC[C@H]2C)nnn1-c1ccc(F)c(Cl)c1.Cl. The quantitative estimate of drug-likeness (QED) is 0.876. The first-order valence-electron chi connectivity index (χ1n) is 7.38. The molecule has 2 heterocycles. The molecule has 1 aliphatic heterocycles. The summed E-state index contributed by atoms with van der Waals surface area (Å²) in [6, 6.07) is 4.37. The van der Waals surface area contributed by atoms with Gasteiger partial charge in [-0.15, -0.1) is 17.5 Å². The zero-order valence-electron chi connectivity index (χ0n) is 13.3. The Morgan fingerprint density at radius 3 is 2.88 bits per heavy atom. The van der Waals surface area contributed by atoms with Crippen LogP contribution in [-0.4, -0.2) is 51.5 Å². The number of rotatable bonds is 2. The molecule has 0 saturated carbocycles. The molecule has 0 spiro atoms. The lowest BCUT2D eigenvalue weighted by Gasteiger charge is -2.33. The maximum atomic E-state index is 13.3. The summed E-state index contributed by atoms with van der Waals surface area (Å²) in [4.78, 5) is 14.5. The van der Waals surface area contributed by atoms with Gasteiger partial charge in [-0.05, 0) is 32.0 Å². The highest BCUT2D eigenvalue weighted by Gasteiger charge is 2.28. The van der Waals surface area contributed by atoms with E-state index in [0.29, 0.717) is 23.6 Å². The van der Waals surface area contributed by atoms with Gasteiger partial charge in [0.25, 0.3) is 5.91 Å².